The molecule has 0 bridgehead atoms. The minimum Gasteiger partial charge on any atom is -0.381 e. The van der Waals surface area contributed by atoms with E-state index in [-0.39, 0.29) is 0 Å². The first-order chi connectivity index (χ1) is 7.29. The fourth-order valence-corrected chi connectivity index (χ4v) is 2.00. The Labute approximate surface area is 90.9 Å². The van der Waals surface area contributed by atoms with Gasteiger partial charge in [0.15, 0.2) is 0 Å². The molecule has 1 heterocycles. The zero-order valence-corrected chi connectivity index (χ0v) is 9.31. The van der Waals surface area contributed by atoms with Crippen molar-refractivity contribution >= 4 is 0 Å². The number of rotatable bonds is 4. The first kappa shape index (κ1) is 10.6. The van der Waals surface area contributed by atoms with Crippen LogP contribution in [0.25, 0.3) is 0 Å². The van der Waals surface area contributed by atoms with Crippen LogP contribution in [0.4, 0.5) is 0 Å². The number of hydrogen-bond acceptors (Lipinski definition) is 3. The van der Waals surface area contributed by atoms with E-state index in [0.29, 0.717) is 18.2 Å². The highest BCUT2D eigenvalue weighted by atomic mass is 16.5. The average molecular weight is 206 g/mol. The van der Waals surface area contributed by atoms with Gasteiger partial charge in [0, 0.05) is 31.6 Å². The van der Waals surface area contributed by atoms with Gasteiger partial charge in [0.05, 0.1) is 6.10 Å². The molecule has 0 aliphatic heterocycles. The summed E-state index contributed by atoms with van der Waals surface area (Å²) < 4.78 is 5.25. The lowest BCUT2D eigenvalue weighted by Crippen LogP contribution is -2.45. The van der Waals surface area contributed by atoms with Crippen molar-refractivity contribution in [3.8, 4) is 0 Å². The van der Waals surface area contributed by atoms with Crippen LogP contribution in [-0.2, 0) is 4.74 Å². The first-order valence-corrected chi connectivity index (χ1v) is 5.48. The molecule has 0 spiro atoms. The average Bonchev–Trinajstić information content (AvgIpc) is 2.23. The van der Waals surface area contributed by atoms with Crippen LogP contribution < -0.4 is 5.32 Å². The summed E-state index contributed by atoms with van der Waals surface area (Å²) in [4.78, 5) is 4.02. The third-order valence-electron chi connectivity index (χ3n) is 3.12. The molecule has 1 fully saturated rings. The van der Waals surface area contributed by atoms with Gasteiger partial charge in [-0.05, 0) is 37.5 Å². The largest absolute Gasteiger partial charge is 0.381 e. The van der Waals surface area contributed by atoms with Crippen molar-refractivity contribution in [3.05, 3.63) is 30.1 Å². The highest BCUT2D eigenvalue weighted by Crippen LogP contribution is 2.25. The van der Waals surface area contributed by atoms with Crippen molar-refractivity contribution in [1.82, 2.24) is 10.3 Å². The van der Waals surface area contributed by atoms with Gasteiger partial charge in [-0.15, -0.1) is 0 Å². The van der Waals surface area contributed by atoms with Crippen molar-refractivity contribution in [2.45, 2.75) is 38.0 Å². The molecule has 3 heteroatoms. The molecule has 1 N–H and O–H groups in total. The Hall–Kier alpha value is -0.930. The van der Waals surface area contributed by atoms with E-state index in [9.17, 15) is 0 Å². The van der Waals surface area contributed by atoms with E-state index in [1.165, 1.54) is 5.56 Å². The van der Waals surface area contributed by atoms with Crippen LogP contribution in [0.3, 0.4) is 0 Å². The summed E-state index contributed by atoms with van der Waals surface area (Å²) in [6.07, 6.45) is 6.41. The summed E-state index contributed by atoms with van der Waals surface area (Å²) in [6.45, 7) is 2.19. The Balaban J connectivity index is 1.81. The number of hydrogen-bond donors (Lipinski definition) is 1. The van der Waals surface area contributed by atoms with Crippen LogP contribution in [0.15, 0.2) is 24.5 Å². The third-order valence-corrected chi connectivity index (χ3v) is 3.12. The summed E-state index contributed by atoms with van der Waals surface area (Å²) in [5.74, 6) is 0. The normalized spacial score (nSPS) is 27.1. The number of nitrogens with one attached hydrogen (secondary N) is 1. The number of aromatic nitrogens is 1. The van der Waals surface area contributed by atoms with E-state index in [1.807, 2.05) is 12.4 Å². The van der Waals surface area contributed by atoms with Gasteiger partial charge in [-0.25, -0.2) is 0 Å². The van der Waals surface area contributed by atoms with Gasteiger partial charge in [-0.1, -0.05) is 0 Å². The molecule has 1 aromatic heterocycles. The maximum atomic E-state index is 5.25. The number of pyridine rings is 1. The molecule has 2 rings (SSSR count). The van der Waals surface area contributed by atoms with E-state index >= 15 is 0 Å². The standard InChI is InChI=1S/C12H18N2O/c1-9(10-3-5-13-6-4-10)14-11-7-12(8-11)15-2/h3-6,9,11-12,14H,7-8H2,1-2H3/t9-,11?,12?/m0/s1. The highest BCUT2D eigenvalue weighted by Gasteiger charge is 2.29. The van der Waals surface area contributed by atoms with E-state index in [1.54, 1.807) is 7.11 Å². The molecule has 15 heavy (non-hydrogen) atoms. The Morgan fingerprint density at radius 2 is 2.07 bits per heavy atom. The van der Waals surface area contributed by atoms with E-state index in [4.69, 9.17) is 4.74 Å². The number of nitrogens with zero attached hydrogens (tertiary/aromatic N) is 1. The molecule has 1 aromatic rings. The predicted molar refractivity (Wildman–Crippen MR) is 59.6 cm³/mol. The maximum Gasteiger partial charge on any atom is 0.0601 e. The second-order valence-corrected chi connectivity index (χ2v) is 4.19. The van der Waals surface area contributed by atoms with Crippen LogP contribution in [0, 0.1) is 0 Å². The lowest BCUT2D eigenvalue weighted by atomic mass is 9.88. The second kappa shape index (κ2) is 4.73. The van der Waals surface area contributed by atoms with Gasteiger partial charge >= 0.3 is 0 Å². The van der Waals surface area contributed by atoms with Crippen molar-refractivity contribution in [3.63, 3.8) is 0 Å². The van der Waals surface area contributed by atoms with Gasteiger partial charge in [0.1, 0.15) is 0 Å². The molecule has 0 amide bonds. The van der Waals surface area contributed by atoms with Crippen LogP contribution >= 0.6 is 0 Å². The SMILES string of the molecule is COC1CC(N[C@@H](C)c2ccncc2)C1. The fraction of sp³-hybridized carbons (Fsp3) is 0.583. The van der Waals surface area contributed by atoms with Crippen molar-refractivity contribution < 1.29 is 4.74 Å². The van der Waals surface area contributed by atoms with E-state index in [0.717, 1.165) is 12.8 Å². The van der Waals surface area contributed by atoms with Crippen molar-refractivity contribution in [2.75, 3.05) is 7.11 Å². The molecule has 1 aliphatic rings. The van der Waals surface area contributed by atoms with E-state index in [2.05, 4.69) is 29.4 Å². The quantitative estimate of drug-likeness (QED) is 0.817. The molecule has 82 valence electrons. The van der Waals surface area contributed by atoms with Crippen molar-refractivity contribution in [2.24, 2.45) is 0 Å². The molecule has 1 saturated carbocycles. The third kappa shape index (κ3) is 2.55. The number of ether oxygens (including phenoxy) is 1. The summed E-state index contributed by atoms with van der Waals surface area (Å²) in [5.41, 5.74) is 1.30. The molecular weight excluding hydrogens is 188 g/mol. The molecular formula is C12H18N2O. The van der Waals surface area contributed by atoms with Crippen molar-refractivity contribution in [1.29, 1.82) is 0 Å². The van der Waals surface area contributed by atoms with Crippen LogP contribution in [0.1, 0.15) is 31.4 Å². The monoisotopic (exact) mass is 206 g/mol. The Kier molecular flexibility index (Phi) is 3.34. The molecule has 0 aromatic carbocycles. The summed E-state index contributed by atoms with van der Waals surface area (Å²) in [5, 5.41) is 3.59. The Bertz CT molecular complexity index is 296. The molecule has 0 radical (unpaired) electrons. The van der Waals surface area contributed by atoms with Crippen LogP contribution in [0.5, 0.6) is 0 Å². The Morgan fingerprint density at radius 1 is 1.40 bits per heavy atom. The lowest BCUT2D eigenvalue weighted by molar-refractivity contribution is 0.0147. The van der Waals surface area contributed by atoms with Gasteiger partial charge in [0.25, 0.3) is 0 Å². The number of methoxy groups -OCH3 is 1. The second-order valence-electron chi connectivity index (χ2n) is 4.19. The zero-order valence-electron chi connectivity index (χ0n) is 9.31. The van der Waals surface area contributed by atoms with Gasteiger partial charge in [-0.2, -0.15) is 0 Å². The Morgan fingerprint density at radius 3 is 2.67 bits per heavy atom. The fourth-order valence-electron chi connectivity index (χ4n) is 2.00. The summed E-state index contributed by atoms with van der Waals surface area (Å²) in [7, 11) is 1.78. The van der Waals surface area contributed by atoms with Gasteiger partial charge in [0.2, 0.25) is 0 Å². The summed E-state index contributed by atoms with van der Waals surface area (Å²) >= 11 is 0. The lowest BCUT2D eigenvalue weighted by Gasteiger charge is -2.36. The van der Waals surface area contributed by atoms with Crippen LogP contribution in [-0.4, -0.2) is 24.2 Å². The minimum absolute atomic E-state index is 0.399. The molecule has 0 saturated heterocycles. The summed E-state index contributed by atoms with van der Waals surface area (Å²) in [6, 6.07) is 5.13. The molecule has 0 unspecified atom stereocenters. The maximum absolute atomic E-state index is 5.25. The topological polar surface area (TPSA) is 34.1 Å². The molecule has 1 atom stereocenters. The van der Waals surface area contributed by atoms with Crippen LogP contribution in [0.2, 0.25) is 0 Å². The van der Waals surface area contributed by atoms with Gasteiger partial charge in [-0.3, -0.25) is 4.98 Å². The zero-order chi connectivity index (χ0) is 10.7. The van der Waals surface area contributed by atoms with E-state index < -0.39 is 0 Å². The predicted octanol–water partition coefficient (Wildman–Crippen LogP) is 1.91. The minimum atomic E-state index is 0.399. The highest BCUT2D eigenvalue weighted by molar-refractivity contribution is 5.14. The smallest absolute Gasteiger partial charge is 0.0601 e. The van der Waals surface area contributed by atoms with Gasteiger partial charge < -0.3 is 10.1 Å². The molecule has 1 aliphatic carbocycles. The molecule has 3 nitrogen and oxygen atoms in total. The first-order valence-electron chi connectivity index (χ1n) is 5.48.